The SMILES string of the molecule is CCOC(C)CNc1ccc(C)c(Nc2ncn(-c3cc(F)cc(F)c3)n2)c1. The largest absolute Gasteiger partial charge is 0.382 e. The molecule has 0 aliphatic heterocycles. The van der Waals surface area contributed by atoms with E-state index in [4.69, 9.17) is 4.74 Å². The van der Waals surface area contributed by atoms with Crippen LogP contribution in [-0.4, -0.2) is 34.0 Å². The van der Waals surface area contributed by atoms with Crippen LogP contribution in [0.1, 0.15) is 19.4 Å². The number of hydrogen-bond donors (Lipinski definition) is 2. The van der Waals surface area contributed by atoms with Crippen molar-refractivity contribution in [3.63, 3.8) is 0 Å². The van der Waals surface area contributed by atoms with Gasteiger partial charge in [0.15, 0.2) is 0 Å². The van der Waals surface area contributed by atoms with E-state index >= 15 is 0 Å². The van der Waals surface area contributed by atoms with E-state index in [1.54, 1.807) is 0 Å². The van der Waals surface area contributed by atoms with Crippen molar-refractivity contribution in [3.8, 4) is 5.69 Å². The van der Waals surface area contributed by atoms with Gasteiger partial charge in [0.05, 0.1) is 11.8 Å². The highest BCUT2D eigenvalue weighted by molar-refractivity contribution is 5.65. The van der Waals surface area contributed by atoms with Gasteiger partial charge in [-0.3, -0.25) is 0 Å². The summed E-state index contributed by atoms with van der Waals surface area (Å²) in [6.07, 6.45) is 1.50. The molecule has 0 amide bonds. The van der Waals surface area contributed by atoms with Crippen LogP contribution in [0.2, 0.25) is 0 Å². The maximum Gasteiger partial charge on any atom is 0.246 e. The number of nitrogens with one attached hydrogen (secondary N) is 2. The van der Waals surface area contributed by atoms with Crippen molar-refractivity contribution in [2.75, 3.05) is 23.8 Å². The molecule has 148 valence electrons. The number of ether oxygens (including phenoxy) is 1. The van der Waals surface area contributed by atoms with E-state index in [1.807, 2.05) is 39.0 Å². The van der Waals surface area contributed by atoms with Crippen molar-refractivity contribution in [1.29, 1.82) is 0 Å². The molecule has 0 aliphatic rings. The molecule has 28 heavy (non-hydrogen) atoms. The Bertz CT molecular complexity index is 924. The van der Waals surface area contributed by atoms with Gasteiger partial charge in [0, 0.05) is 30.6 Å². The molecule has 2 N–H and O–H groups in total. The van der Waals surface area contributed by atoms with Crippen LogP contribution < -0.4 is 10.6 Å². The lowest BCUT2D eigenvalue weighted by Crippen LogP contribution is -2.19. The molecule has 0 saturated carbocycles. The molecular formula is C20H23F2N5O. The highest BCUT2D eigenvalue weighted by Crippen LogP contribution is 2.23. The van der Waals surface area contributed by atoms with Gasteiger partial charge in [-0.1, -0.05) is 6.07 Å². The number of hydrogen-bond acceptors (Lipinski definition) is 5. The number of benzene rings is 2. The van der Waals surface area contributed by atoms with E-state index in [0.29, 0.717) is 19.1 Å². The quantitative estimate of drug-likeness (QED) is 0.599. The van der Waals surface area contributed by atoms with E-state index in [2.05, 4.69) is 20.7 Å². The van der Waals surface area contributed by atoms with E-state index in [0.717, 1.165) is 23.0 Å². The molecule has 0 bridgehead atoms. The minimum atomic E-state index is -0.670. The van der Waals surface area contributed by atoms with E-state index in [1.165, 1.54) is 23.1 Å². The van der Waals surface area contributed by atoms with Crippen LogP contribution in [0.15, 0.2) is 42.7 Å². The molecule has 8 heteroatoms. The second-order valence-electron chi connectivity index (χ2n) is 6.44. The number of rotatable bonds is 8. The first-order valence-electron chi connectivity index (χ1n) is 9.06. The summed E-state index contributed by atoms with van der Waals surface area (Å²) < 4.78 is 33.7. The van der Waals surface area contributed by atoms with E-state index < -0.39 is 11.6 Å². The van der Waals surface area contributed by atoms with E-state index in [-0.39, 0.29) is 11.8 Å². The summed E-state index contributed by atoms with van der Waals surface area (Å²) in [4.78, 5) is 4.17. The normalized spacial score (nSPS) is 12.0. The first kappa shape index (κ1) is 19.8. The van der Waals surface area contributed by atoms with Gasteiger partial charge in [0.2, 0.25) is 5.95 Å². The van der Waals surface area contributed by atoms with Crippen LogP contribution in [0.4, 0.5) is 26.1 Å². The minimum absolute atomic E-state index is 0.103. The zero-order chi connectivity index (χ0) is 20.1. The van der Waals surface area contributed by atoms with Crippen molar-refractivity contribution >= 4 is 17.3 Å². The molecule has 1 unspecified atom stereocenters. The van der Waals surface area contributed by atoms with Crippen LogP contribution in [0, 0.1) is 18.6 Å². The third kappa shape index (κ3) is 5.04. The Labute approximate surface area is 162 Å². The number of nitrogens with zero attached hydrogens (tertiary/aromatic N) is 3. The molecule has 2 aromatic carbocycles. The molecule has 3 rings (SSSR count). The monoisotopic (exact) mass is 387 g/mol. The summed E-state index contributed by atoms with van der Waals surface area (Å²) in [5, 5.41) is 10.7. The summed E-state index contributed by atoms with van der Waals surface area (Å²) in [5.41, 5.74) is 3.04. The topological polar surface area (TPSA) is 64.0 Å². The van der Waals surface area contributed by atoms with Crippen LogP contribution in [0.5, 0.6) is 0 Å². The second-order valence-corrected chi connectivity index (χ2v) is 6.44. The summed E-state index contributed by atoms with van der Waals surface area (Å²) in [6.45, 7) is 7.31. The van der Waals surface area contributed by atoms with Gasteiger partial charge in [0.1, 0.15) is 18.0 Å². The lowest BCUT2D eigenvalue weighted by Gasteiger charge is -2.15. The number of aromatic nitrogens is 3. The Kier molecular flexibility index (Phi) is 6.20. The molecular weight excluding hydrogens is 364 g/mol. The number of aryl methyl sites for hydroxylation is 1. The molecule has 0 radical (unpaired) electrons. The lowest BCUT2D eigenvalue weighted by atomic mass is 10.2. The molecule has 0 saturated heterocycles. The average molecular weight is 387 g/mol. The first-order chi connectivity index (χ1) is 13.4. The summed E-state index contributed by atoms with van der Waals surface area (Å²) in [6, 6.07) is 9.12. The van der Waals surface area contributed by atoms with Crippen molar-refractivity contribution in [2.24, 2.45) is 0 Å². The van der Waals surface area contributed by atoms with Gasteiger partial charge in [0.25, 0.3) is 0 Å². The molecule has 0 aliphatic carbocycles. The molecule has 0 spiro atoms. The Morgan fingerprint density at radius 2 is 1.89 bits per heavy atom. The Balaban J connectivity index is 1.73. The third-order valence-corrected chi connectivity index (χ3v) is 4.13. The first-order valence-corrected chi connectivity index (χ1v) is 9.06. The van der Waals surface area contributed by atoms with Crippen LogP contribution in [0.3, 0.4) is 0 Å². The highest BCUT2D eigenvalue weighted by Gasteiger charge is 2.09. The average Bonchev–Trinajstić information content (AvgIpc) is 3.10. The Morgan fingerprint density at radius 1 is 1.14 bits per heavy atom. The van der Waals surface area contributed by atoms with Gasteiger partial charge >= 0.3 is 0 Å². The molecule has 3 aromatic rings. The summed E-state index contributed by atoms with van der Waals surface area (Å²) in [5.74, 6) is -1.01. The van der Waals surface area contributed by atoms with Gasteiger partial charge < -0.3 is 15.4 Å². The summed E-state index contributed by atoms with van der Waals surface area (Å²) >= 11 is 0. The van der Waals surface area contributed by atoms with Gasteiger partial charge in [-0.2, -0.15) is 4.98 Å². The number of anilines is 3. The van der Waals surface area contributed by atoms with E-state index in [9.17, 15) is 8.78 Å². The molecule has 1 atom stereocenters. The zero-order valence-electron chi connectivity index (χ0n) is 16.0. The fourth-order valence-corrected chi connectivity index (χ4v) is 2.71. The Hall–Kier alpha value is -3.00. The molecule has 1 heterocycles. The van der Waals surface area contributed by atoms with Gasteiger partial charge in [-0.15, -0.1) is 5.10 Å². The summed E-state index contributed by atoms with van der Waals surface area (Å²) in [7, 11) is 0. The fraction of sp³-hybridized carbons (Fsp3) is 0.300. The van der Waals surface area contributed by atoms with Crippen LogP contribution in [-0.2, 0) is 4.74 Å². The molecule has 6 nitrogen and oxygen atoms in total. The lowest BCUT2D eigenvalue weighted by molar-refractivity contribution is 0.0855. The standard InChI is InChI=1S/C20H23F2N5O/c1-4-28-14(3)11-23-17-6-5-13(2)19(10-17)25-20-24-12-27(26-20)18-8-15(21)7-16(22)9-18/h5-10,12,14,23H,4,11H2,1-3H3,(H,25,26). The van der Waals surface area contributed by atoms with Crippen LogP contribution >= 0.6 is 0 Å². The predicted octanol–water partition coefficient (Wildman–Crippen LogP) is 4.43. The third-order valence-electron chi connectivity index (χ3n) is 4.13. The maximum atomic E-state index is 13.4. The molecule has 1 aromatic heterocycles. The number of halogens is 2. The Morgan fingerprint density at radius 3 is 2.61 bits per heavy atom. The highest BCUT2D eigenvalue weighted by atomic mass is 19.1. The van der Waals surface area contributed by atoms with Gasteiger partial charge in [-0.05, 0) is 50.6 Å². The predicted molar refractivity (Wildman–Crippen MR) is 105 cm³/mol. The fourth-order valence-electron chi connectivity index (χ4n) is 2.71. The molecule has 0 fully saturated rings. The maximum absolute atomic E-state index is 13.4. The van der Waals surface area contributed by atoms with Gasteiger partial charge in [-0.25, -0.2) is 13.5 Å². The van der Waals surface area contributed by atoms with Crippen molar-refractivity contribution in [3.05, 3.63) is 59.9 Å². The smallest absolute Gasteiger partial charge is 0.246 e. The van der Waals surface area contributed by atoms with Crippen molar-refractivity contribution in [2.45, 2.75) is 26.9 Å². The van der Waals surface area contributed by atoms with Crippen molar-refractivity contribution < 1.29 is 13.5 Å². The zero-order valence-corrected chi connectivity index (χ0v) is 16.0. The van der Waals surface area contributed by atoms with Crippen LogP contribution in [0.25, 0.3) is 5.69 Å². The minimum Gasteiger partial charge on any atom is -0.382 e. The second kappa shape index (κ2) is 8.79. The van der Waals surface area contributed by atoms with Crippen molar-refractivity contribution in [1.82, 2.24) is 14.8 Å².